The summed E-state index contributed by atoms with van der Waals surface area (Å²) in [5.41, 5.74) is 2.40. The van der Waals surface area contributed by atoms with Crippen LogP contribution in [-0.2, 0) is 32.2 Å². The number of aromatic nitrogens is 2. The van der Waals surface area contributed by atoms with E-state index in [4.69, 9.17) is 19.4 Å². The fraction of sp³-hybridized carbons (Fsp3) is 0.722. The Hall–Kier alpha value is -2.14. The number of carboxylic acids is 1. The predicted octanol–water partition coefficient (Wildman–Crippen LogP) is 2.04. The van der Waals surface area contributed by atoms with E-state index in [2.05, 4.69) is 12.0 Å². The lowest BCUT2D eigenvalue weighted by Crippen LogP contribution is -2.44. The second kappa shape index (κ2) is 10.1. The second-order valence-electron chi connectivity index (χ2n) is 6.93. The fourth-order valence-corrected chi connectivity index (χ4v) is 3.61. The third-order valence-electron chi connectivity index (χ3n) is 4.94. The highest BCUT2D eigenvalue weighted by molar-refractivity contribution is 5.79. The van der Waals surface area contributed by atoms with Crippen LogP contribution in [0.15, 0.2) is 6.20 Å². The SMILES string of the molecule is CCn1ncc2c1C(COC)CN(C(=O)C1CCOCC1)C2.O=C(O)C(F)(F)F. The van der Waals surface area contributed by atoms with Crippen LogP contribution < -0.4 is 0 Å². The highest BCUT2D eigenvalue weighted by Gasteiger charge is 2.38. The standard InChI is InChI=1S/C16H25N3O3.C2HF3O2/c1-3-19-15-13(8-17-19)9-18(10-14(15)11-21-2)16(20)12-4-6-22-7-5-12;3-2(4,5)1(6)7/h8,12,14H,3-7,9-11H2,1-2H3;(H,6,7). The minimum atomic E-state index is -5.08. The molecule has 0 aliphatic carbocycles. The quantitative estimate of drug-likeness (QED) is 0.800. The molecule has 1 unspecified atom stereocenters. The Labute approximate surface area is 166 Å². The van der Waals surface area contributed by atoms with Gasteiger partial charge >= 0.3 is 12.1 Å². The lowest BCUT2D eigenvalue weighted by molar-refractivity contribution is -0.192. The number of aliphatic carboxylic acids is 1. The summed E-state index contributed by atoms with van der Waals surface area (Å²) < 4.78 is 44.5. The van der Waals surface area contributed by atoms with Gasteiger partial charge in [0.2, 0.25) is 5.91 Å². The van der Waals surface area contributed by atoms with Crippen LogP contribution in [0.3, 0.4) is 0 Å². The first-order valence-corrected chi connectivity index (χ1v) is 9.39. The van der Waals surface area contributed by atoms with Gasteiger partial charge in [-0.25, -0.2) is 4.79 Å². The van der Waals surface area contributed by atoms with E-state index in [0.717, 1.165) is 31.5 Å². The highest BCUT2D eigenvalue weighted by Crippen LogP contribution is 2.30. The molecule has 11 heteroatoms. The summed E-state index contributed by atoms with van der Waals surface area (Å²) in [6, 6.07) is 0. The molecule has 1 atom stereocenters. The Morgan fingerprint density at radius 3 is 2.48 bits per heavy atom. The van der Waals surface area contributed by atoms with E-state index in [1.54, 1.807) is 7.11 Å². The number of hydrogen-bond donors (Lipinski definition) is 1. The first-order chi connectivity index (χ1) is 13.7. The Bertz CT molecular complexity index is 701. The number of rotatable bonds is 4. The summed E-state index contributed by atoms with van der Waals surface area (Å²) in [5, 5.41) is 11.6. The zero-order chi connectivity index (χ0) is 21.6. The van der Waals surface area contributed by atoms with Gasteiger partial charge in [0.25, 0.3) is 0 Å². The summed E-state index contributed by atoms with van der Waals surface area (Å²) in [5.74, 6) is -2.17. The molecule has 0 saturated carbocycles. The molecule has 1 fully saturated rings. The number of nitrogens with zero attached hydrogens (tertiary/aromatic N) is 3. The number of ether oxygens (including phenoxy) is 2. The molecule has 1 amide bonds. The van der Waals surface area contributed by atoms with Gasteiger partial charge < -0.3 is 19.5 Å². The summed E-state index contributed by atoms with van der Waals surface area (Å²) >= 11 is 0. The van der Waals surface area contributed by atoms with E-state index in [0.29, 0.717) is 26.4 Å². The third kappa shape index (κ3) is 5.92. The monoisotopic (exact) mass is 421 g/mol. The van der Waals surface area contributed by atoms with Crippen molar-refractivity contribution in [1.82, 2.24) is 14.7 Å². The zero-order valence-corrected chi connectivity index (χ0v) is 16.4. The maximum absolute atomic E-state index is 12.8. The Morgan fingerprint density at radius 2 is 1.97 bits per heavy atom. The van der Waals surface area contributed by atoms with E-state index >= 15 is 0 Å². The number of carbonyl (C=O) groups excluding carboxylic acids is 1. The molecule has 3 heterocycles. The van der Waals surface area contributed by atoms with Gasteiger partial charge in [-0.2, -0.15) is 18.3 Å². The summed E-state index contributed by atoms with van der Waals surface area (Å²) in [6.07, 6.45) is -1.50. The number of carboxylic acid groups (broad SMARTS) is 1. The van der Waals surface area contributed by atoms with Gasteiger partial charge in [-0.1, -0.05) is 0 Å². The van der Waals surface area contributed by atoms with Crippen LogP contribution in [0.5, 0.6) is 0 Å². The maximum atomic E-state index is 12.8. The number of methoxy groups -OCH3 is 1. The van der Waals surface area contributed by atoms with E-state index < -0.39 is 12.1 Å². The Morgan fingerprint density at radius 1 is 1.34 bits per heavy atom. The minimum Gasteiger partial charge on any atom is -0.475 e. The molecule has 1 saturated heterocycles. The van der Waals surface area contributed by atoms with Crippen molar-refractivity contribution in [3.63, 3.8) is 0 Å². The van der Waals surface area contributed by atoms with Crippen molar-refractivity contribution in [3.05, 3.63) is 17.5 Å². The number of carbonyl (C=O) groups is 2. The molecule has 1 aromatic rings. The van der Waals surface area contributed by atoms with Crippen molar-refractivity contribution < 1.29 is 37.3 Å². The summed E-state index contributed by atoms with van der Waals surface area (Å²) in [4.78, 5) is 23.7. The van der Waals surface area contributed by atoms with Crippen molar-refractivity contribution in [2.75, 3.05) is 33.5 Å². The molecule has 0 spiro atoms. The van der Waals surface area contributed by atoms with Crippen LogP contribution >= 0.6 is 0 Å². The van der Waals surface area contributed by atoms with Crippen LogP contribution in [0.4, 0.5) is 13.2 Å². The van der Waals surface area contributed by atoms with Gasteiger partial charge in [0.1, 0.15) is 0 Å². The molecule has 0 aromatic carbocycles. The normalized spacial score (nSPS) is 19.9. The van der Waals surface area contributed by atoms with Crippen LogP contribution in [0.25, 0.3) is 0 Å². The third-order valence-corrected chi connectivity index (χ3v) is 4.94. The van der Waals surface area contributed by atoms with Gasteiger partial charge in [0, 0.05) is 57.4 Å². The number of fused-ring (bicyclic) bond motifs is 1. The van der Waals surface area contributed by atoms with Crippen molar-refractivity contribution in [2.45, 2.75) is 44.9 Å². The highest BCUT2D eigenvalue weighted by atomic mass is 19.4. The van der Waals surface area contributed by atoms with Gasteiger partial charge in [-0.15, -0.1) is 0 Å². The molecule has 0 radical (unpaired) electrons. The van der Waals surface area contributed by atoms with E-state index in [1.807, 2.05) is 15.8 Å². The largest absolute Gasteiger partial charge is 0.490 e. The molecule has 1 N–H and O–H groups in total. The predicted molar refractivity (Wildman–Crippen MR) is 95.2 cm³/mol. The lowest BCUT2D eigenvalue weighted by Gasteiger charge is -2.36. The zero-order valence-electron chi connectivity index (χ0n) is 16.4. The first-order valence-electron chi connectivity index (χ1n) is 9.39. The lowest BCUT2D eigenvalue weighted by atomic mass is 9.93. The molecule has 2 aliphatic heterocycles. The molecule has 2 aliphatic rings. The van der Waals surface area contributed by atoms with Gasteiger partial charge in [0.15, 0.2) is 0 Å². The molecular weight excluding hydrogens is 395 g/mol. The minimum absolute atomic E-state index is 0.111. The van der Waals surface area contributed by atoms with Gasteiger partial charge in [-0.05, 0) is 19.8 Å². The number of halogens is 3. The molecule has 29 heavy (non-hydrogen) atoms. The van der Waals surface area contributed by atoms with E-state index in [9.17, 15) is 18.0 Å². The molecule has 1 aromatic heterocycles. The average Bonchev–Trinajstić information content (AvgIpc) is 3.11. The molecule has 0 bridgehead atoms. The average molecular weight is 421 g/mol. The number of amides is 1. The molecule has 3 rings (SSSR count). The van der Waals surface area contributed by atoms with Crippen molar-refractivity contribution >= 4 is 11.9 Å². The van der Waals surface area contributed by atoms with Crippen LogP contribution in [0.1, 0.15) is 36.9 Å². The van der Waals surface area contributed by atoms with E-state index in [-0.39, 0.29) is 17.7 Å². The molecular formula is C18H26F3N3O5. The summed E-state index contributed by atoms with van der Waals surface area (Å²) in [7, 11) is 1.71. The van der Waals surface area contributed by atoms with E-state index in [1.165, 1.54) is 5.69 Å². The van der Waals surface area contributed by atoms with Crippen LogP contribution in [0, 0.1) is 5.92 Å². The molecule has 8 nitrogen and oxygen atoms in total. The fourth-order valence-electron chi connectivity index (χ4n) is 3.61. The van der Waals surface area contributed by atoms with Crippen LogP contribution in [-0.4, -0.2) is 71.3 Å². The Kier molecular flexibility index (Phi) is 8.03. The summed E-state index contributed by atoms with van der Waals surface area (Å²) in [6.45, 7) is 6.36. The first kappa shape index (κ1) is 23.1. The van der Waals surface area contributed by atoms with Crippen molar-refractivity contribution in [2.24, 2.45) is 5.92 Å². The van der Waals surface area contributed by atoms with Crippen molar-refractivity contribution in [1.29, 1.82) is 0 Å². The van der Waals surface area contributed by atoms with Crippen molar-refractivity contribution in [3.8, 4) is 0 Å². The maximum Gasteiger partial charge on any atom is 0.490 e. The number of alkyl halides is 3. The van der Waals surface area contributed by atoms with Crippen LogP contribution in [0.2, 0.25) is 0 Å². The van der Waals surface area contributed by atoms with Gasteiger partial charge in [0.05, 0.1) is 18.5 Å². The second-order valence-corrected chi connectivity index (χ2v) is 6.93. The van der Waals surface area contributed by atoms with Gasteiger partial charge in [-0.3, -0.25) is 9.48 Å². The number of hydrogen-bond acceptors (Lipinski definition) is 5. The molecule has 164 valence electrons. The smallest absolute Gasteiger partial charge is 0.475 e. The Balaban J connectivity index is 0.000000370. The topological polar surface area (TPSA) is 93.9 Å². The number of aryl methyl sites for hydroxylation is 1.